The molecule has 0 aliphatic carbocycles. The number of Topliss-reactive ketones (excluding diaryl/α,β-unsaturated/α-hetero) is 1. The van der Waals surface area contributed by atoms with Crippen LogP contribution in [0.25, 0.3) is 11.4 Å². The number of nitrogens with one attached hydrogen (secondary N) is 1. The van der Waals surface area contributed by atoms with Crippen molar-refractivity contribution >= 4 is 5.78 Å². The maximum absolute atomic E-state index is 12.2. The molecule has 0 saturated carbocycles. The number of rotatable bonds is 2. The van der Waals surface area contributed by atoms with Crippen LogP contribution < -0.4 is 0 Å². The van der Waals surface area contributed by atoms with Gasteiger partial charge in [-0.05, 0) is 6.92 Å². The minimum absolute atomic E-state index is 0.239. The van der Waals surface area contributed by atoms with Gasteiger partial charge < -0.3 is 4.98 Å². The zero-order chi connectivity index (χ0) is 13.3. The molecule has 0 aliphatic rings. The van der Waals surface area contributed by atoms with E-state index in [0.717, 1.165) is 11.8 Å². The van der Waals surface area contributed by atoms with Gasteiger partial charge in [0, 0.05) is 5.56 Å². The third kappa shape index (κ3) is 2.42. The Morgan fingerprint density at radius 3 is 2.39 bits per heavy atom. The van der Waals surface area contributed by atoms with Gasteiger partial charge in [0.25, 0.3) is 5.78 Å². The van der Waals surface area contributed by atoms with Crippen LogP contribution in [0.2, 0.25) is 0 Å². The smallest absolute Gasteiger partial charge is 0.335 e. The molecular formula is C12H9F3N2O. The lowest BCUT2D eigenvalue weighted by molar-refractivity contribution is -0.0888. The number of ketones is 1. The molecule has 1 N–H and O–H groups in total. The maximum Gasteiger partial charge on any atom is 0.456 e. The predicted octanol–water partition coefficient (Wildman–Crippen LogP) is 3.13. The summed E-state index contributed by atoms with van der Waals surface area (Å²) in [5.41, 5.74) is 1.09. The van der Waals surface area contributed by atoms with Crippen LogP contribution in [0.1, 0.15) is 16.1 Å². The van der Waals surface area contributed by atoms with Crippen LogP contribution in [-0.2, 0) is 0 Å². The number of aryl methyl sites for hydroxylation is 1. The summed E-state index contributed by atoms with van der Waals surface area (Å²) in [5, 5.41) is 0. The van der Waals surface area contributed by atoms with E-state index in [1.807, 2.05) is 19.1 Å². The van der Waals surface area contributed by atoms with Crippen LogP contribution in [-0.4, -0.2) is 21.9 Å². The van der Waals surface area contributed by atoms with Gasteiger partial charge >= 0.3 is 6.18 Å². The van der Waals surface area contributed by atoms with Crippen molar-refractivity contribution < 1.29 is 18.0 Å². The summed E-state index contributed by atoms with van der Waals surface area (Å²) < 4.78 is 36.6. The molecule has 1 aromatic heterocycles. The lowest BCUT2D eigenvalue weighted by atomic mass is 10.1. The van der Waals surface area contributed by atoms with E-state index in [0.29, 0.717) is 5.56 Å². The van der Waals surface area contributed by atoms with Gasteiger partial charge in [0.15, 0.2) is 0 Å². The molecule has 0 bridgehead atoms. The summed E-state index contributed by atoms with van der Waals surface area (Å²) in [5.74, 6) is -1.68. The molecule has 0 unspecified atom stereocenters. The average Bonchev–Trinajstić information content (AvgIpc) is 2.77. The molecule has 0 radical (unpaired) electrons. The SMILES string of the molecule is Cc1ccc(-c2ncc(C(=O)C(F)(F)F)[nH]2)cc1. The number of nitrogens with zero attached hydrogens (tertiary/aromatic N) is 1. The van der Waals surface area contributed by atoms with Crippen LogP contribution in [0, 0.1) is 6.92 Å². The van der Waals surface area contributed by atoms with Gasteiger partial charge in [-0.2, -0.15) is 13.2 Å². The first-order valence-electron chi connectivity index (χ1n) is 5.11. The Hall–Kier alpha value is -2.11. The molecule has 0 aliphatic heterocycles. The lowest BCUT2D eigenvalue weighted by Gasteiger charge is -2.01. The Balaban J connectivity index is 2.31. The second-order valence-corrected chi connectivity index (χ2v) is 3.84. The van der Waals surface area contributed by atoms with Crippen LogP contribution >= 0.6 is 0 Å². The molecular weight excluding hydrogens is 245 g/mol. The Bertz CT molecular complexity index is 570. The predicted molar refractivity (Wildman–Crippen MR) is 59.1 cm³/mol. The summed E-state index contributed by atoms with van der Waals surface area (Å²) in [6.07, 6.45) is -4.00. The van der Waals surface area contributed by atoms with E-state index in [-0.39, 0.29) is 5.82 Å². The Kier molecular flexibility index (Phi) is 2.94. The van der Waals surface area contributed by atoms with Gasteiger partial charge in [-0.25, -0.2) is 4.98 Å². The molecule has 0 amide bonds. The summed E-state index contributed by atoms with van der Waals surface area (Å²) >= 11 is 0. The number of hydrogen-bond acceptors (Lipinski definition) is 2. The fourth-order valence-corrected chi connectivity index (χ4v) is 1.45. The number of hydrogen-bond donors (Lipinski definition) is 1. The molecule has 0 spiro atoms. The van der Waals surface area contributed by atoms with Gasteiger partial charge in [0.1, 0.15) is 11.5 Å². The summed E-state index contributed by atoms with van der Waals surface area (Å²) in [4.78, 5) is 17.1. The third-order valence-electron chi connectivity index (χ3n) is 2.40. The van der Waals surface area contributed by atoms with Gasteiger partial charge in [0.2, 0.25) is 0 Å². The molecule has 2 aromatic rings. The van der Waals surface area contributed by atoms with Gasteiger partial charge in [-0.1, -0.05) is 29.8 Å². The summed E-state index contributed by atoms with van der Waals surface area (Å²) in [6.45, 7) is 1.89. The molecule has 0 saturated heterocycles. The van der Waals surface area contributed by atoms with Gasteiger partial charge in [-0.15, -0.1) is 0 Å². The second kappa shape index (κ2) is 4.29. The van der Waals surface area contributed by atoms with Crippen molar-refractivity contribution in [3.8, 4) is 11.4 Å². The van der Waals surface area contributed by atoms with Crippen LogP contribution in [0.5, 0.6) is 0 Å². The van der Waals surface area contributed by atoms with E-state index >= 15 is 0 Å². The normalized spacial score (nSPS) is 11.6. The second-order valence-electron chi connectivity index (χ2n) is 3.84. The number of H-pyrrole nitrogens is 1. The van der Waals surface area contributed by atoms with Crippen LogP contribution in [0.15, 0.2) is 30.5 Å². The average molecular weight is 254 g/mol. The fourth-order valence-electron chi connectivity index (χ4n) is 1.45. The van der Waals surface area contributed by atoms with E-state index in [1.54, 1.807) is 12.1 Å². The summed E-state index contributed by atoms with van der Waals surface area (Å²) in [7, 11) is 0. The van der Waals surface area contributed by atoms with Gasteiger partial charge in [0.05, 0.1) is 6.20 Å². The Morgan fingerprint density at radius 1 is 1.22 bits per heavy atom. The highest BCUT2D eigenvalue weighted by Gasteiger charge is 2.40. The van der Waals surface area contributed by atoms with Gasteiger partial charge in [-0.3, -0.25) is 4.79 Å². The minimum atomic E-state index is -4.89. The zero-order valence-corrected chi connectivity index (χ0v) is 9.38. The number of halogens is 3. The zero-order valence-electron chi connectivity index (χ0n) is 9.38. The van der Waals surface area contributed by atoms with Crippen molar-refractivity contribution in [2.45, 2.75) is 13.1 Å². The van der Waals surface area contributed by atoms with Crippen molar-refractivity contribution in [1.29, 1.82) is 0 Å². The van der Waals surface area contributed by atoms with E-state index in [4.69, 9.17) is 0 Å². The third-order valence-corrected chi connectivity index (χ3v) is 2.40. The van der Waals surface area contributed by atoms with Crippen molar-refractivity contribution in [2.24, 2.45) is 0 Å². The van der Waals surface area contributed by atoms with Crippen molar-refractivity contribution in [3.05, 3.63) is 41.7 Å². The van der Waals surface area contributed by atoms with E-state index in [2.05, 4.69) is 9.97 Å². The van der Waals surface area contributed by atoms with Crippen molar-refractivity contribution in [3.63, 3.8) is 0 Å². The number of aromatic amines is 1. The molecule has 18 heavy (non-hydrogen) atoms. The fraction of sp³-hybridized carbons (Fsp3) is 0.167. The monoisotopic (exact) mass is 254 g/mol. The molecule has 3 nitrogen and oxygen atoms in total. The van der Waals surface area contributed by atoms with Crippen LogP contribution in [0.3, 0.4) is 0 Å². The van der Waals surface area contributed by atoms with Crippen molar-refractivity contribution in [1.82, 2.24) is 9.97 Å². The van der Waals surface area contributed by atoms with E-state index in [9.17, 15) is 18.0 Å². The molecule has 1 heterocycles. The first kappa shape index (κ1) is 12.3. The Labute approximate surface area is 101 Å². The first-order chi connectivity index (χ1) is 8.38. The molecule has 6 heteroatoms. The van der Waals surface area contributed by atoms with Crippen LogP contribution in [0.4, 0.5) is 13.2 Å². The molecule has 1 aromatic carbocycles. The quantitative estimate of drug-likeness (QED) is 0.837. The van der Waals surface area contributed by atoms with Crippen molar-refractivity contribution in [2.75, 3.05) is 0 Å². The van der Waals surface area contributed by atoms with E-state index < -0.39 is 17.7 Å². The molecule has 94 valence electrons. The molecule has 2 rings (SSSR count). The highest BCUT2D eigenvalue weighted by Crippen LogP contribution is 2.22. The Morgan fingerprint density at radius 2 is 1.83 bits per heavy atom. The highest BCUT2D eigenvalue weighted by molar-refractivity contribution is 5.98. The largest absolute Gasteiger partial charge is 0.456 e. The number of aromatic nitrogens is 2. The maximum atomic E-state index is 12.2. The number of alkyl halides is 3. The molecule has 0 fully saturated rings. The first-order valence-corrected chi connectivity index (χ1v) is 5.11. The minimum Gasteiger partial charge on any atom is -0.335 e. The standard InChI is InChI=1S/C12H9F3N2O/c1-7-2-4-8(5-3-7)11-16-6-9(17-11)10(18)12(13,14)15/h2-6H,1H3,(H,16,17). The number of carbonyl (C=O) groups excluding carboxylic acids is 1. The number of imidazole rings is 1. The topological polar surface area (TPSA) is 45.8 Å². The molecule has 0 atom stereocenters. The lowest BCUT2D eigenvalue weighted by Crippen LogP contribution is -2.22. The number of benzene rings is 1. The summed E-state index contributed by atoms with van der Waals surface area (Å²) in [6, 6.07) is 7.05. The highest BCUT2D eigenvalue weighted by atomic mass is 19.4. The number of carbonyl (C=O) groups is 1. The van der Waals surface area contributed by atoms with E-state index in [1.165, 1.54) is 0 Å².